The lowest BCUT2D eigenvalue weighted by atomic mass is 9.81. The minimum absolute atomic E-state index is 0.0201. The molecule has 0 saturated carbocycles. The number of hydrogen-bond donors (Lipinski definition) is 4. The molecule has 11 nitrogen and oxygen atoms in total. The Hall–Kier alpha value is -3.62. The van der Waals surface area contributed by atoms with Crippen LogP contribution in [0.2, 0.25) is 0 Å². The maximum absolute atomic E-state index is 11.9. The number of hydrogen-bond acceptors (Lipinski definition) is 8. The normalized spacial score (nSPS) is 17.9. The van der Waals surface area contributed by atoms with Gasteiger partial charge in [-0.25, -0.2) is 0 Å². The van der Waals surface area contributed by atoms with Gasteiger partial charge in [0.05, 0.1) is 21.2 Å². The Balaban J connectivity index is 1.53. The van der Waals surface area contributed by atoms with Gasteiger partial charge in [-0.1, -0.05) is 52.3 Å². The molecule has 0 unspecified atom stereocenters. The molecule has 2 aromatic carbocycles. The van der Waals surface area contributed by atoms with E-state index in [4.69, 9.17) is 5.73 Å². The number of nitrogens with one attached hydrogen (secondary N) is 1. The number of allylic oxidation sites excluding steroid dienone is 6. The fourth-order valence-corrected chi connectivity index (χ4v) is 6.89. The van der Waals surface area contributed by atoms with E-state index in [9.17, 15) is 30.7 Å². The highest BCUT2D eigenvalue weighted by Crippen LogP contribution is 2.48. The van der Waals surface area contributed by atoms with Gasteiger partial charge < -0.3 is 16.0 Å². The van der Waals surface area contributed by atoms with Gasteiger partial charge >= 0.3 is 0 Å². The Morgan fingerprint density at radius 3 is 2.20 bits per heavy atom. The van der Waals surface area contributed by atoms with Crippen LogP contribution in [0.3, 0.4) is 0 Å². The fraction of sp³-hybridized carbons (Fsp3) is 0.394. The number of nitrogens with zero attached hydrogens (tertiary/aromatic N) is 2. The van der Waals surface area contributed by atoms with Crippen LogP contribution in [0.25, 0.3) is 0 Å². The number of carbonyl (C=O) groups is 1. The summed E-state index contributed by atoms with van der Waals surface area (Å²) in [6.45, 7) is 9.39. The van der Waals surface area contributed by atoms with E-state index >= 15 is 0 Å². The second kappa shape index (κ2) is 13.6. The molecule has 0 radical (unpaired) electrons. The van der Waals surface area contributed by atoms with Crippen molar-refractivity contribution in [2.45, 2.75) is 74.0 Å². The minimum atomic E-state index is -4.38. The van der Waals surface area contributed by atoms with Crippen molar-refractivity contribution in [3.8, 4) is 0 Å². The second-order valence-corrected chi connectivity index (χ2v) is 15.3. The lowest BCUT2D eigenvalue weighted by molar-refractivity contribution is -0.121. The third kappa shape index (κ3) is 7.67. The van der Waals surface area contributed by atoms with Crippen molar-refractivity contribution in [3.63, 3.8) is 0 Å². The molecule has 2 aliphatic heterocycles. The first kappa shape index (κ1) is 35.2. The Morgan fingerprint density at radius 1 is 0.891 bits per heavy atom. The molecule has 2 heterocycles. The average molecular weight is 671 g/mol. The van der Waals surface area contributed by atoms with Gasteiger partial charge in [-0.3, -0.25) is 18.9 Å². The van der Waals surface area contributed by atoms with E-state index in [1.165, 1.54) is 24.3 Å². The van der Waals surface area contributed by atoms with Gasteiger partial charge in [0.15, 0.2) is 0 Å². The summed E-state index contributed by atoms with van der Waals surface area (Å²) in [5.74, 6) is -0.0201. The van der Waals surface area contributed by atoms with Gasteiger partial charge in [0, 0.05) is 48.3 Å². The SMILES string of the molecule is CC1(C)C(/C=C/C=C/C=C2/N(CCCCCC(=O)NCCN)c3ccc(S(=O)(=O)O)cc3C2(C)C)=Nc2ccc(S(=O)(=O)O)cc21. The fourth-order valence-electron chi connectivity index (χ4n) is 5.87. The highest BCUT2D eigenvalue weighted by Gasteiger charge is 2.40. The third-order valence-electron chi connectivity index (χ3n) is 8.46. The molecule has 4 rings (SSSR count). The summed E-state index contributed by atoms with van der Waals surface area (Å²) in [5.41, 5.74) is 8.95. The molecule has 0 bridgehead atoms. The maximum Gasteiger partial charge on any atom is 0.294 e. The van der Waals surface area contributed by atoms with Gasteiger partial charge in [0.2, 0.25) is 5.91 Å². The summed E-state index contributed by atoms with van der Waals surface area (Å²) in [6.07, 6.45) is 12.2. The third-order valence-corrected chi connectivity index (χ3v) is 10.2. The number of fused-ring (bicyclic) bond motifs is 2. The molecular weight excluding hydrogens is 629 g/mol. The smallest absolute Gasteiger partial charge is 0.294 e. The van der Waals surface area contributed by atoms with Crippen molar-refractivity contribution in [1.82, 2.24) is 5.32 Å². The molecule has 2 aromatic rings. The summed E-state index contributed by atoms with van der Waals surface area (Å²) in [6, 6.07) is 9.01. The Bertz CT molecular complexity index is 1840. The van der Waals surface area contributed by atoms with E-state index in [1.54, 1.807) is 12.1 Å². The van der Waals surface area contributed by atoms with Gasteiger partial charge in [0.1, 0.15) is 0 Å². The van der Waals surface area contributed by atoms with E-state index in [1.807, 2.05) is 58.1 Å². The topological polar surface area (TPSA) is 179 Å². The Kier molecular flexibility index (Phi) is 10.4. The molecule has 1 amide bonds. The largest absolute Gasteiger partial charge is 0.355 e. The number of unbranched alkanes of at least 4 members (excludes halogenated alkanes) is 2. The van der Waals surface area contributed by atoms with Gasteiger partial charge in [0.25, 0.3) is 20.2 Å². The second-order valence-electron chi connectivity index (χ2n) is 12.5. The molecule has 0 aliphatic carbocycles. The summed E-state index contributed by atoms with van der Waals surface area (Å²) < 4.78 is 66.3. The summed E-state index contributed by atoms with van der Waals surface area (Å²) in [5, 5.41) is 2.78. The predicted molar refractivity (Wildman–Crippen MR) is 180 cm³/mol. The van der Waals surface area contributed by atoms with Crippen molar-refractivity contribution < 1.29 is 30.7 Å². The zero-order valence-corrected chi connectivity index (χ0v) is 28.2. The highest BCUT2D eigenvalue weighted by atomic mass is 32.2. The van der Waals surface area contributed by atoms with Crippen LogP contribution in [0, 0.1) is 0 Å². The number of aliphatic imine (C=N–C) groups is 1. The van der Waals surface area contributed by atoms with E-state index < -0.39 is 31.1 Å². The van der Waals surface area contributed by atoms with Crippen molar-refractivity contribution in [1.29, 1.82) is 0 Å². The van der Waals surface area contributed by atoms with Crippen molar-refractivity contribution in [3.05, 3.63) is 83.6 Å². The molecule has 0 aromatic heterocycles. The number of rotatable bonds is 13. The van der Waals surface area contributed by atoms with Gasteiger partial charge in [-0.15, -0.1) is 0 Å². The first-order valence-corrected chi connectivity index (χ1v) is 18.0. The van der Waals surface area contributed by atoms with E-state index in [0.29, 0.717) is 37.3 Å². The predicted octanol–water partition coefficient (Wildman–Crippen LogP) is 4.97. The van der Waals surface area contributed by atoms with E-state index in [2.05, 4.69) is 15.2 Å². The summed E-state index contributed by atoms with van der Waals surface area (Å²) in [4.78, 5) is 18.4. The van der Waals surface area contributed by atoms with E-state index in [-0.39, 0.29) is 15.7 Å². The first-order chi connectivity index (χ1) is 21.5. The number of amides is 1. The molecule has 0 atom stereocenters. The van der Waals surface area contributed by atoms with Crippen LogP contribution in [-0.2, 0) is 35.9 Å². The quantitative estimate of drug-likeness (QED) is 0.130. The van der Waals surface area contributed by atoms with E-state index in [0.717, 1.165) is 41.9 Å². The molecule has 0 saturated heterocycles. The standard InChI is InChI=1S/C33H42N4O7S2/c1-32(2)25-21-23(45(39,40)41)14-16-27(25)36-29(32)11-7-5-8-12-30-33(3,4)26-22-24(46(42,43)44)15-17-28(26)37(30)20-10-6-9-13-31(38)35-19-18-34/h5,7-8,11-12,14-17,21-22H,6,9-10,13,18-20,34H2,1-4H3,(H,35,38)(H,39,40,41)(H,42,43,44)/b8-5+,11-7+,30-12+. The van der Waals surface area contributed by atoms with Crippen LogP contribution >= 0.6 is 0 Å². The van der Waals surface area contributed by atoms with Gasteiger partial charge in [-0.2, -0.15) is 16.8 Å². The highest BCUT2D eigenvalue weighted by molar-refractivity contribution is 7.86. The summed E-state index contributed by atoms with van der Waals surface area (Å²) in [7, 11) is -8.72. The number of anilines is 1. The van der Waals surface area contributed by atoms with Crippen LogP contribution in [0.15, 0.2) is 87.3 Å². The molecular formula is C33H42N4O7S2. The Morgan fingerprint density at radius 2 is 1.54 bits per heavy atom. The molecule has 0 spiro atoms. The number of benzene rings is 2. The van der Waals surface area contributed by atoms with Crippen LogP contribution in [0.4, 0.5) is 11.4 Å². The number of carbonyl (C=O) groups excluding carboxylic acids is 1. The zero-order chi connectivity index (χ0) is 33.9. The molecule has 46 heavy (non-hydrogen) atoms. The monoisotopic (exact) mass is 670 g/mol. The Labute approximate surface area is 271 Å². The van der Waals surface area contributed by atoms with Crippen LogP contribution in [0.1, 0.15) is 64.5 Å². The molecule has 5 N–H and O–H groups in total. The lowest BCUT2D eigenvalue weighted by Crippen LogP contribution is -2.29. The molecule has 248 valence electrons. The molecule has 2 aliphatic rings. The average Bonchev–Trinajstić information content (AvgIpc) is 3.35. The van der Waals surface area contributed by atoms with Crippen LogP contribution in [0.5, 0.6) is 0 Å². The minimum Gasteiger partial charge on any atom is -0.355 e. The molecule has 13 heteroatoms. The van der Waals surface area contributed by atoms with Crippen LogP contribution in [-0.4, -0.2) is 57.2 Å². The van der Waals surface area contributed by atoms with Gasteiger partial charge in [-0.05, 0) is 72.5 Å². The number of nitrogens with two attached hydrogens (primary N) is 1. The molecule has 0 fully saturated rings. The maximum atomic E-state index is 11.9. The first-order valence-electron chi connectivity index (χ1n) is 15.1. The van der Waals surface area contributed by atoms with Crippen molar-refractivity contribution in [2.24, 2.45) is 10.7 Å². The van der Waals surface area contributed by atoms with Crippen molar-refractivity contribution >= 4 is 43.2 Å². The van der Waals surface area contributed by atoms with Crippen molar-refractivity contribution in [2.75, 3.05) is 24.5 Å². The zero-order valence-electron chi connectivity index (χ0n) is 26.5. The lowest BCUT2D eigenvalue weighted by Gasteiger charge is -2.27. The summed E-state index contributed by atoms with van der Waals surface area (Å²) >= 11 is 0. The van der Waals surface area contributed by atoms with Crippen LogP contribution < -0.4 is 16.0 Å².